The lowest BCUT2D eigenvalue weighted by molar-refractivity contribution is -0.122. The zero-order valence-electron chi connectivity index (χ0n) is 13.2. The fourth-order valence-electron chi connectivity index (χ4n) is 5.97. The smallest absolute Gasteiger partial charge is 0.231 e. The van der Waals surface area contributed by atoms with Gasteiger partial charge < -0.3 is 9.84 Å². The lowest BCUT2D eigenvalue weighted by Crippen LogP contribution is -2.55. The van der Waals surface area contributed by atoms with Gasteiger partial charge in [-0.25, -0.2) is 0 Å². The number of piperidine rings is 1. The topological polar surface area (TPSA) is 68.0 Å². The minimum atomic E-state index is -0.0380. The van der Waals surface area contributed by atoms with Crippen molar-refractivity contribution in [1.82, 2.24) is 15.5 Å². The summed E-state index contributed by atoms with van der Waals surface area (Å²) in [5, 5.41) is 7.27. The number of carbonyl (C=O) groups excluding carboxylic acids is 1. The van der Waals surface area contributed by atoms with Crippen LogP contribution in [0.25, 0.3) is 0 Å². The lowest BCUT2D eigenvalue weighted by Gasteiger charge is -2.58. The van der Waals surface area contributed by atoms with Crippen LogP contribution in [0.4, 0.5) is 0 Å². The molecule has 6 heteroatoms. The summed E-state index contributed by atoms with van der Waals surface area (Å²) in [5.41, 5.74) is 0.0332. The number of hydrogen-bond acceptors (Lipinski definition) is 4. The van der Waals surface area contributed by atoms with Crippen LogP contribution in [0.15, 0.2) is 4.52 Å². The molecule has 6 rings (SSSR count). The van der Waals surface area contributed by atoms with Gasteiger partial charge in [0.2, 0.25) is 11.8 Å². The van der Waals surface area contributed by atoms with Gasteiger partial charge in [-0.1, -0.05) is 5.16 Å². The van der Waals surface area contributed by atoms with Crippen molar-refractivity contribution in [2.45, 2.75) is 67.6 Å². The highest BCUT2D eigenvalue weighted by Gasteiger charge is 2.59. The molecule has 1 aliphatic heterocycles. The Morgan fingerprint density at radius 3 is 2.65 bits per heavy atom. The van der Waals surface area contributed by atoms with Crippen LogP contribution in [0.1, 0.15) is 69.0 Å². The summed E-state index contributed by atoms with van der Waals surface area (Å²) in [5.74, 6) is 3.30. The number of halogens is 1. The molecular formula is C17H22ClN3O2. The second-order valence-corrected chi connectivity index (χ2v) is 9.19. The highest BCUT2D eigenvalue weighted by Crippen LogP contribution is 2.63. The molecule has 124 valence electrons. The average Bonchev–Trinajstić information content (AvgIpc) is 2.96. The monoisotopic (exact) mass is 335 g/mol. The molecule has 1 amide bonds. The predicted molar refractivity (Wildman–Crippen MR) is 84.2 cm³/mol. The number of hydrogen-bond donors (Lipinski definition) is 1. The number of nitrogens with one attached hydrogen (secondary N) is 1. The van der Waals surface area contributed by atoms with Gasteiger partial charge in [-0.15, -0.1) is 11.6 Å². The first-order valence-corrected chi connectivity index (χ1v) is 9.21. The fourth-order valence-corrected chi connectivity index (χ4v) is 6.66. The summed E-state index contributed by atoms with van der Waals surface area (Å²) in [7, 11) is 0. The molecule has 4 aliphatic carbocycles. The minimum absolute atomic E-state index is 0.0332. The third-order valence-corrected chi connectivity index (χ3v) is 6.96. The van der Waals surface area contributed by atoms with E-state index < -0.39 is 0 Å². The fraction of sp³-hybridized carbons (Fsp3) is 0.824. The maximum Gasteiger partial charge on any atom is 0.231 e. The van der Waals surface area contributed by atoms with Gasteiger partial charge in [0.15, 0.2) is 5.82 Å². The highest BCUT2D eigenvalue weighted by atomic mass is 35.5. The van der Waals surface area contributed by atoms with Crippen LogP contribution in [0.5, 0.6) is 0 Å². The van der Waals surface area contributed by atoms with Crippen molar-refractivity contribution in [2.24, 2.45) is 11.8 Å². The first-order valence-electron chi connectivity index (χ1n) is 8.83. The normalized spacial score (nSPS) is 45.3. The molecule has 1 N–H and O–H groups in total. The number of amides is 1. The second kappa shape index (κ2) is 4.71. The first kappa shape index (κ1) is 14.3. The summed E-state index contributed by atoms with van der Waals surface area (Å²) < 4.78 is 5.61. The molecule has 1 aromatic rings. The predicted octanol–water partition coefficient (Wildman–Crippen LogP) is 2.89. The van der Waals surface area contributed by atoms with E-state index in [1.54, 1.807) is 0 Å². The van der Waals surface area contributed by atoms with Crippen molar-refractivity contribution < 1.29 is 9.32 Å². The number of rotatable bonds is 2. The van der Waals surface area contributed by atoms with E-state index in [2.05, 4.69) is 10.5 Å². The average molecular weight is 336 g/mol. The van der Waals surface area contributed by atoms with Crippen molar-refractivity contribution in [3.63, 3.8) is 0 Å². The molecule has 4 bridgehead atoms. The second-order valence-electron chi connectivity index (χ2n) is 8.39. The molecule has 5 fully saturated rings. The van der Waals surface area contributed by atoms with Gasteiger partial charge in [0.1, 0.15) is 0 Å². The van der Waals surface area contributed by atoms with Gasteiger partial charge in [-0.2, -0.15) is 4.98 Å². The van der Waals surface area contributed by atoms with Crippen molar-refractivity contribution in [3.8, 4) is 0 Å². The molecule has 5 aliphatic rings. The molecule has 1 aromatic heterocycles. The van der Waals surface area contributed by atoms with Crippen LogP contribution in [0.2, 0.25) is 0 Å². The van der Waals surface area contributed by atoms with Crippen LogP contribution in [-0.4, -0.2) is 27.5 Å². The van der Waals surface area contributed by atoms with E-state index in [9.17, 15) is 4.79 Å². The van der Waals surface area contributed by atoms with E-state index in [-0.39, 0.29) is 22.1 Å². The molecule has 1 saturated heterocycles. The molecular weight excluding hydrogens is 314 g/mol. The molecule has 4 saturated carbocycles. The van der Waals surface area contributed by atoms with Crippen LogP contribution < -0.4 is 5.32 Å². The van der Waals surface area contributed by atoms with Crippen molar-refractivity contribution >= 4 is 17.5 Å². The first-order chi connectivity index (χ1) is 11.0. The van der Waals surface area contributed by atoms with E-state index >= 15 is 0 Å². The number of alkyl halides is 1. The molecule has 0 aromatic carbocycles. The van der Waals surface area contributed by atoms with Crippen molar-refractivity contribution in [1.29, 1.82) is 0 Å². The van der Waals surface area contributed by atoms with Gasteiger partial charge >= 0.3 is 0 Å². The quantitative estimate of drug-likeness (QED) is 0.844. The summed E-state index contributed by atoms with van der Waals surface area (Å²) in [4.78, 5) is 16.1. The van der Waals surface area contributed by atoms with Gasteiger partial charge in [0.25, 0.3) is 0 Å². The van der Waals surface area contributed by atoms with E-state index in [0.717, 1.165) is 43.3 Å². The Bertz CT molecular complexity index is 634. The summed E-state index contributed by atoms with van der Waals surface area (Å²) in [6, 6.07) is 0. The molecule has 3 atom stereocenters. The maximum atomic E-state index is 11.3. The zero-order valence-corrected chi connectivity index (χ0v) is 13.9. The Labute approximate surface area is 140 Å². The minimum Gasteiger partial charge on any atom is -0.355 e. The van der Waals surface area contributed by atoms with Crippen LogP contribution >= 0.6 is 11.6 Å². The third-order valence-electron chi connectivity index (χ3n) is 6.52. The molecule has 23 heavy (non-hydrogen) atoms. The van der Waals surface area contributed by atoms with E-state index in [1.165, 1.54) is 19.3 Å². The molecule has 5 nitrogen and oxygen atoms in total. The van der Waals surface area contributed by atoms with Crippen LogP contribution in [-0.2, 0) is 10.2 Å². The van der Waals surface area contributed by atoms with Crippen LogP contribution in [0.3, 0.4) is 0 Å². The zero-order chi connectivity index (χ0) is 15.7. The SMILES string of the molecule is O=C1CCC(c2nc(C34CC5CC(CC(Cl)(C5)C3)C4)no2)CN1. The Balaban J connectivity index is 1.43. The molecule has 2 heterocycles. The highest BCUT2D eigenvalue weighted by molar-refractivity contribution is 6.24. The molecule has 0 radical (unpaired) electrons. The van der Waals surface area contributed by atoms with E-state index in [4.69, 9.17) is 21.1 Å². The van der Waals surface area contributed by atoms with E-state index in [1.807, 2.05) is 0 Å². The molecule has 3 unspecified atom stereocenters. The standard InChI is InChI=1S/C17H22ClN3O2/c18-17-6-10-3-11(7-17)5-16(4-10,9-17)15-20-14(23-21-15)12-1-2-13(22)19-8-12/h10-12H,1-9H2,(H,19,22). The van der Waals surface area contributed by atoms with Crippen LogP contribution in [0, 0.1) is 11.8 Å². The Hall–Kier alpha value is -1.10. The Morgan fingerprint density at radius 2 is 2.00 bits per heavy atom. The summed E-state index contributed by atoms with van der Waals surface area (Å²) in [6.07, 6.45) is 8.31. The van der Waals surface area contributed by atoms with E-state index in [0.29, 0.717) is 18.9 Å². The Kier molecular flexibility index (Phi) is 2.92. The Morgan fingerprint density at radius 1 is 1.22 bits per heavy atom. The van der Waals surface area contributed by atoms with Gasteiger partial charge in [0, 0.05) is 23.3 Å². The maximum absolute atomic E-state index is 11.3. The van der Waals surface area contributed by atoms with Gasteiger partial charge in [-0.05, 0) is 56.8 Å². The molecule has 0 spiro atoms. The number of carbonyl (C=O) groups is 1. The summed E-state index contributed by atoms with van der Waals surface area (Å²) >= 11 is 6.91. The number of nitrogens with zero attached hydrogens (tertiary/aromatic N) is 2. The third kappa shape index (κ3) is 2.23. The van der Waals surface area contributed by atoms with Crippen molar-refractivity contribution in [2.75, 3.05) is 6.54 Å². The lowest BCUT2D eigenvalue weighted by atomic mass is 9.49. The van der Waals surface area contributed by atoms with Gasteiger partial charge in [0.05, 0.1) is 5.92 Å². The largest absolute Gasteiger partial charge is 0.355 e. The number of aromatic nitrogens is 2. The van der Waals surface area contributed by atoms with Gasteiger partial charge in [-0.3, -0.25) is 4.79 Å². The van der Waals surface area contributed by atoms with Crippen molar-refractivity contribution in [3.05, 3.63) is 11.7 Å². The summed E-state index contributed by atoms with van der Waals surface area (Å²) in [6.45, 7) is 0.609.